The number of sulfonamides is 1. The average Bonchev–Trinajstić information content (AvgIpc) is 2.73. The number of hydrogen-bond donors (Lipinski definition) is 2. The van der Waals surface area contributed by atoms with E-state index in [0.717, 1.165) is 23.7 Å². The fourth-order valence-electron chi connectivity index (χ4n) is 3.14. The normalized spacial score (nSPS) is 16.3. The van der Waals surface area contributed by atoms with E-state index in [0.29, 0.717) is 18.2 Å². The van der Waals surface area contributed by atoms with E-state index in [2.05, 4.69) is 38.1 Å². The highest BCUT2D eigenvalue weighted by atomic mass is 79.9. The van der Waals surface area contributed by atoms with Gasteiger partial charge in [-0.15, -0.1) is 0 Å². The summed E-state index contributed by atoms with van der Waals surface area (Å²) in [6.45, 7) is 0.564. The lowest BCUT2D eigenvalue weighted by Gasteiger charge is -2.18. The van der Waals surface area contributed by atoms with Gasteiger partial charge in [-0.3, -0.25) is 9.52 Å². The van der Waals surface area contributed by atoms with Crippen LogP contribution in [0.5, 0.6) is 5.75 Å². The zero-order chi connectivity index (χ0) is 20.9. The quantitative estimate of drug-likeness (QED) is 0.579. The summed E-state index contributed by atoms with van der Waals surface area (Å²) in [5.41, 5.74) is 0.684. The topological polar surface area (TPSA) is 84.5 Å². The summed E-state index contributed by atoms with van der Waals surface area (Å²) in [5, 5.41) is 2.91. The number of nitrogens with one attached hydrogen (secondary N) is 2. The fourth-order valence-corrected chi connectivity index (χ4v) is 4.66. The van der Waals surface area contributed by atoms with Gasteiger partial charge in [-0.05, 0) is 67.6 Å². The number of halogens is 1. The average molecular weight is 479 g/mol. The summed E-state index contributed by atoms with van der Waals surface area (Å²) < 4.78 is 34.4. The summed E-state index contributed by atoms with van der Waals surface area (Å²) in [5.74, 6) is 0.273. The predicted molar refractivity (Wildman–Crippen MR) is 117 cm³/mol. The third-order valence-electron chi connectivity index (χ3n) is 4.74. The van der Waals surface area contributed by atoms with Gasteiger partial charge in [0.15, 0.2) is 0 Å². The first-order valence-corrected chi connectivity index (χ1v) is 11.6. The maximum absolute atomic E-state index is 12.9. The number of carbonyl (C=O) groups is 1. The van der Waals surface area contributed by atoms with Crippen molar-refractivity contribution < 1.29 is 17.9 Å². The Balaban J connectivity index is 1.79. The van der Waals surface area contributed by atoms with Crippen molar-refractivity contribution in [2.75, 3.05) is 18.4 Å². The fraction of sp³-hybridized carbons (Fsp3) is 0.286. The van der Waals surface area contributed by atoms with Crippen LogP contribution in [0.1, 0.15) is 29.6 Å². The van der Waals surface area contributed by atoms with Gasteiger partial charge in [0.05, 0.1) is 7.11 Å². The maximum Gasteiger partial charge on any atom is 0.265 e. The number of ether oxygens (including phenoxy) is 1. The summed E-state index contributed by atoms with van der Waals surface area (Å²) in [6, 6.07) is 11.2. The molecule has 1 aliphatic rings. The summed E-state index contributed by atoms with van der Waals surface area (Å²) in [7, 11) is -2.55. The highest BCUT2D eigenvalue weighted by Gasteiger charge is 2.22. The van der Waals surface area contributed by atoms with Crippen molar-refractivity contribution >= 4 is 37.5 Å². The number of amides is 1. The SMILES string of the molecule is COc1ccc(C(=O)NCC2CC=CCC2)cc1S(=O)(=O)Nc1ccc(Br)cc1. The minimum absolute atomic E-state index is 0.0869. The number of hydrogen-bond acceptors (Lipinski definition) is 4. The zero-order valence-electron chi connectivity index (χ0n) is 16.0. The van der Waals surface area contributed by atoms with Crippen LogP contribution >= 0.6 is 15.9 Å². The predicted octanol–water partition coefficient (Wildman–Crippen LogP) is 4.34. The van der Waals surface area contributed by atoms with Gasteiger partial charge in [0.1, 0.15) is 10.6 Å². The van der Waals surface area contributed by atoms with Gasteiger partial charge < -0.3 is 10.1 Å². The number of carbonyl (C=O) groups excluding carboxylic acids is 1. The molecule has 154 valence electrons. The first-order chi connectivity index (χ1) is 13.9. The number of methoxy groups -OCH3 is 1. The maximum atomic E-state index is 12.9. The smallest absolute Gasteiger partial charge is 0.265 e. The van der Waals surface area contributed by atoms with E-state index in [1.54, 1.807) is 30.3 Å². The van der Waals surface area contributed by atoms with Crippen molar-refractivity contribution in [1.82, 2.24) is 5.32 Å². The molecular weight excluding hydrogens is 456 g/mol. The summed E-state index contributed by atoms with van der Waals surface area (Å²) in [4.78, 5) is 12.5. The molecule has 3 rings (SSSR count). The Morgan fingerprint density at radius 2 is 1.93 bits per heavy atom. The molecule has 2 aromatic carbocycles. The molecular formula is C21H23BrN2O4S. The molecule has 6 nitrogen and oxygen atoms in total. The Morgan fingerprint density at radius 1 is 1.17 bits per heavy atom. The van der Waals surface area contributed by atoms with Crippen LogP contribution in [0.2, 0.25) is 0 Å². The molecule has 0 radical (unpaired) electrons. The largest absolute Gasteiger partial charge is 0.495 e. The van der Waals surface area contributed by atoms with Gasteiger partial charge in [-0.25, -0.2) is 8.42 Å². The van der Waals surface area contributed by atoms with E-state index in [1.807, 2.05) is 0 Å². The first kappa shape index (κ1) is 21.4. The van der Waals surface area contributed by atoms with E-state index < -0.39 is 10.0 Å². The molecule has 1 atom stereocenters. The van der Waals surface area contributed by atoms with E-state index in [4.69, 9.17) is 4.74 Å². The third kappa shape index (κ3) is 5.61. The van der Waals surface area contributed by atoms with E-state index in [9.17, 15) is 13.2 Å². The first-order valence-electron chi connectivity index (χ1n) is 9.28. The number of anilines is 1. The molecule has 8 heteroatoms. The van der Waals surface area contributed by atoms with Crippen LogP contribution < -0.4 is 14.8 Å². The highest BCUT2D eigenvalue weighted by Crippen LogP contribution is 2.27. The van der Waals surface area contributed by atoms with Gasteiger partial charge in [-0.1, -0.05) is 28.1 Å². The molecule has 2 aromatic rings. The third-order valence-corrected chi connectivity index (χ3v) is 6.67. The lowest BCUT2D eigenvalue weighted by molar-refractivity contribution is 0.0946. The Bertz CT molecular complexity index is 1000. The van der Waals surface area contributed by atoms with Gasteiger partial charge >= 0.3 is 0 Å². The van der Waals surface area contributed by atoms with Crippen LogP contribution in [-0.4, -0.2) is 28.0 Å². The van der Waals surface area contributed by atoms with E-state index in [-0.39, 0.29) is 22.1 Å². The van der Waals surface area contributed by atoms with E-state index >= 15 is 0 Å². The standard InChI is InChI=1S/C21H23BrN2O4S/c1-28-19-12-7-16(21(25)23-14-15-5-3-2-4-6-15)13-20(19)29(26,27)24-18-10-8-17(22)9-11-18/h2-3,7-13,15,24H,4-6,14H2,1H3,(H,23,25). The molecule has 0 saturated carbocycles. The lowest BCUT2D eigenvalue weighted by atomic mass is 9.94. The second kappa shape index (κ2) is 9.45. The van der Waals surface area contributed by atoms with Crippen molar-refractivity contribution in [3.8, 4) is 5.75 Å². The molecule has 0 fully saturated rings. The molecule has 1 unspecified atom stereocenters. The van der Waals surface area contributed by atoms with Crippen LogP contribution in [0, 0.1) is 5.92 Å². The Morgan fingerprint density at radius 3 is 2.59 bits per heavy atom. The molecule has 0 bridgehead atoms. The molecule has 1 aliphatic carbocycles. The number of rotatable bonds is 7. The van der Waals surface area contributed by atoms with Gasteiger partial charge in [-0.2, -0.15) is 0 Å². The van der Waals surface area contributed by atoms with Crippen molar-refractivity contribution in [3.63, 3.8) is 0 Å². The van der Waals surface area contributed by atoms with Crippen LogP contribution in [0.15, 0.2) is 64.0 Å². The van der Waals surface area contributed by atoms with Crippen LogP contribution in [0.4, 0.5) is 5.69 Å². The molecule has 2 N–H and O–H groups in total. The molecule has 1 amide bonds. The van der Waals surface area contributed by atoms with Crippen LogP contribution in [-0.2, 0) is 10.0 Å². The minimum Gasteiger partial charge on any atom is -0.495 e. The van der Waals surface area contributed by atoms with E-state index in [1.165, 1.54) is 19.2 Å². The van der Waals surface area contributed by atoms with Crippen molar-refractivity contribution in [3.05, 3.63) is 64.7 Å². The Labute approximate surface area is 179 Å². The molecule has 29 heavy (non-hydrogen) atoms. The van der Waals surface area contributed by atoms with Crippen molar-refractivity contribution in [1.29, 1.82) is 0 Å². The second-order valence-electron chi connectivity index (χ2n) is 6.84. The Kier molecular flexibility index (Phi) is 6.97. The van der Waals surface area contributed by atoms with Crippen LogP contribution in [0.3, 0.4) is 0 Å². The summed E-state index contributed by atoms with van der Waals surface area (Å²) in [6.07, 6.45) is 7.28. The number of benzene rings is 2. The second-order valence-corrected chi connectivity index (χ2v) is 9.41. The molecule has 0 aliphatic heterocycles. The molecule has 0 spiro atoms. The van der Waals surface area contributed by atoms with Gasteiger partial charge in [0.25, 0.3) is 15.9 Å². The molecule has 0 heterocycles. The number of allylic oxidation sites excluding steroid dienone is 2. The monoisotopic (exact) mass is 478 g/mol. The zero-order valence-corrected chi connectivity index (χ0v) is 18.4. The minimum atomic E-state index is -3.94. The molecule has 0 aromatic heterocycles. The van der Waals surface area contributed by atoms with Gasteiger partial charge in [0.2, 0.25) is 0 Å². The molecule has 0 saturated heterocycles. The van der Waals surface area contributed by atoms with Crippen molar-refractivity contribution in [2.24, 2.45) is 5.92 Å². The lowest BCUT2D eigenvalue weighted by Crippen LogP contribution is -2.30. The van der Waals surface area contributed by atoms with Crippen LogP contribution in [0.25, 0.3) is 0 Å². The van der Waals surface area contributed by atoms with Crippen molar-refractivity contribution in [2.45, 2.75) is 24.2 Å². The highest BCUT2D eigenvalue weighted by molar-refractivity contribution is 9.10. The van der Waals surface area contributed by atoms with Gasteiger partial charge in [0, 0.05) is 22.3 Å². The Hall–Kier alpha value is -2.32. The summed E-state index contributed by atoms with van der Waals surface area (Å²) >= 11 is 3.32.